The van der Waals surface area contributed by atoms with Crippen molar-refractivity contribution in [1.82, 2.24) is 14.5 Å². The van der Waals surface area contributed by atoms with Gasteiger partial charge in [0.2, 0.25) is 0 Å². The lowest BCUT2D eigenvalue weighted by molar-refractivity contribution is -0.137. The van der Waals surface area contributed by atoms with E-state index in [-0.39, 0.29) is 17.8 Å². The van der Waals surface area contributed by atoms with Gasteiger partial charge in [-0.2, -0.15) is 13.2 Å². The lowest BCUT2D eigenvalue weighted by atomic mass is 9.96. The molecule has 166 valence electrons. The molecule has 3 aromatic rings. The van der Waals surface area contributed by atoms with E-state index >= 15 is 0 Å². The normalized spacial score (nSPS) is 22.9. The number of benzene rings is 1. The molecule has 3 atom stereocenters. The van der Waals surface area contributed by atoms with Gasteiger partial charge >= 0.3 is 6.18 Å². The second-order valence-corrected chi connectivity index (χ2v) is 9.72. The number of halogens is 3. The molecule has 2 aliphatic heterocycles. The van der Waals surface area contributed by atoms with Crippen molar-refractivity contribution < 1.29 is 13.2 Å². The lowest BCUT2D eigenvalue weighted by Crippen LogP contribution is -2.29. The van der Waals surface area contributed by atoms with Gasteiger partial charge in [-0.15, -0.1) is 0 Å². The van der Waals surface area contributed by atoms with Gasteiger partial charge in [0.1, 0.15) is 6.04 Å². The standard InChI is InChI=1S/C24H23F3N4S/c1-14-12-17(16(3)31(14)20-10-5-4-8-18(20)24(25,26)27)22-21(19-9-6-7-11-28-19)29-23-30(22)13-15(2)32-23/h4-12,15,21-22H,13H2,1-3H3/t15-,21+,22-/m0/s1. The van der Waals surface area contributed by atoms with Gasteiger partial charge in [0, 0.05) is 29.4 Å². The Bertz CT molecular complexity index is 1190. The van der Waals surface area contributed by atoms with Crippen LogP contribution in [0.25, 0.3) is 5.69 Å². The molecule has 1 aromatic carbocycles. The number of amidine groups is 1. The van der Waals surface area contributed by atoms with Crippen molar-refractivity contribution >= 4 is 16.9 Å². The van der Waals surface area contributed by atoms with Crippen LogP contribution in [0.15, 0.2) is 59.7 Å². The Morgan fingerprint density at radius 1 is 1.06 bits per heavy atom. The van der Waals surface area contributed by atoms with Crippen LogP contribution < -0.4 is 0 Å². The highest BCUT2D eigenvalue weighted by molar-refractivity contribution is 8.14. The Hall–Kier alpha value is -2.74. The molecule has 32 heavy (non-hydrogen) atoms. The predicted molar refractivity (Wildman–Crippen MR) is 121 cm³/mol. The summed E-state index contributed by atoms with van der Waals surface area (Å²) in [5, 5.41) is 1.40. The highest BCUT2D eigenvalue weighted by Crippen LogP contribution is 2.49. The molecule has 8 heteroatoms. The monoisotopic (exact) mass is 456 g/mol. The second-order valence-electron chi connectivity index (χ2n) is 8.31. The SMILES string of the molecule is Cc1cc([C@H]2[C@@H](c3ccccn3)N=C3S[C@@H](C)CN32)c(C)n1-c1ccccc1C(F)(F)F. The number of para-hydroxylation sites is 1. The van der Waals surface area contributed by atoms with E-state index in [9.17, 15) is 13.2 Å². The first-order valence-corrected chi connectivity index (χ1v) is 11.4. The number of rotatable bonds is 3. The molecule has 0 bridgehead atoms. The Balaban J connectivity index is 1.65. The number of aliphatic imine (C=N–C) groups is 1. The summed E-state index contributed by atoms with van der Waals surface area (Å²) in [5.74, 6) is 0. The third-order valence-corrected chi connectivity index (χ3v) is 7.22. The van der Waals surface area contributed by atoms with E-state index in [1.165, 1.54) is 12.1 Å². The molecule has 4 nitrogen and oxygen atoms in total. The number of fused-ring (bicyclic) bond motifs is 1. The van der Waals surface area contributed by atoms with Crippen LogP contribution in [0.4, 0.5) is 13.2 Å². The Labute approximate surface area is 189 Å². The molecule has 4 heterocycles. The second kappa shape index (κ2) is 7.69. The molecule has 0 spiro atoms. The minimum atomic E-state index is -4.43. The van der Waals surface area contributed by atoms with Crippen LogP contribution in [-0.2, 0) is 6.18 Å². The van der Waals surface area contributed by atoms with Gasteiger partial charge in [0.15, 0.2) is 5.17 Å². The first kappa shape index (κ1) is 21.1. The van der Waals surface area contributed by atoms with E-state index in [1.807, 2.05) is 38.1 Å². The predicted octanol–water partition coefficient (Wildman–Crippen LogP) is 6.10. The smallest absolute Gasteiger partial charge is 0.341 e. The number of hydrogen-bond donors (Lipinski definition) is 0. The van der Waals surface area contributed by atoms with Crippen LogP contribution in [0.2, 0.25) is 0 Å². The summed E-state index contributed by atoms with van der Waals surface area (Å²) in [5.41, 5.74) is 2.94. The van der Waals surface area contributed by atoms with E-state index in [0.29, 0.717) is 5.25 Å². The van der Waals surface area contributed by atoms with E-state index in [4.69, 9.17) is 4.99 Å². The Kier molecular flexibility index (Phi) is 5.08. The van der Waals surface area contributed by atoms with E-state index < -0.39 is 11.7 Å². The first-order chi connectivity index (χ1) is 15.3. The number of nitrogens with zero attached hydrogens (tertiary/aromatic N) is 4. The number of alkyl halides is 3. The van der Waals surface area contributed by atoms with Crippen LogP contribution in [0, 0.1) is 13.8 Å². The largest absolute Gasteiger partial charge is 0.418 e. The van der Waals surface area contributed by atoms with Crippen molar-refractivity contribution in [3.8, 4) is 5.69 Å². The minimum absolute atomic E-state index is 0.102. The first-order valence-electron chi connectivity index (χ1n) is 10.5. The highest BCUT2D eigenvalue weighted by Gasteiger charge is 2.45. The molecule has 0 aliphatic carbocycles. The van der Waals surface area contributed by atoms with Crippen molar-refractivity contribution in [2.75, 3.05) is 6.54 Å². The summed E-state index contributed by atoms with van der Waals surface area (Å²) in [6.45, 7) is 6.77. The maximum Gasteiger partial charge on any atom is 0.418 e. The van der Waals surface area contributed by atoms with Gasteiger partial charge in [-0.3, -0.25) is 9.98 Å². The fourth-order valence-electron chi connectivity index (χ4n) is 4.82. The zero-order valence-corrected chi connectivity index (χ0v) is 18.8. The summed E-state index contributed by atoms with van der Waals surface area (Å²) >= 11 is 1.74. The van der Waals surface area contributed by atoms with Gasteiger partial charge in [-0.1, -0.05) is 36.9 Å². The third kappa shape index (κ3) is 3.41. The molecule has 0 saturated carbocycles. The zero-order chi connectivity index (χ0) is 22.6. The molecule has 0 radical (unpaired) electrons. The van der Waals surface area contributed by atoms with Crippen molar-refractivity contribution in [3.63, 3.8) is 0 Å². The molecular weight excluding hydrogens is 433 g/mol. The third-order valence-electron chi connectivity index (χ3n) is 6.12. The minimum Gasteiger partial charge on any atom is -0.341 e. The average molecular weight is 457 g/mol. The number of aryl methyl sites for hydroxylation is 1. The number of aromatic nitrogens is 2. The molecule has 0 amide bonds. The van der Waals surface area contributed by atoms with Crippen LogP contribution >= 0.6 is 11.8 Å². The quantitative estimate of drug-likeness (QED) is 0.478. The zero-order valence-electron chi connectivity index (χ0n) is 18.0. The number of pyridine rings is 1. The van der Waals surface area contributed by atoms with Crippen LogP contribution in [0.3, 0.4) is 0 Å². The van der Waals surface area contributed by atoms with Crippen molar-refractivity contribution in [3.05, 3.63) is 82.9 Å². The highest BCUT2D eigenvalue weighted by atomic mass is 32.2. The van der Waals surface area contributed by atoms with Gasteiger partial charge < -0.3 is 9.47 Å². The van der Waals surface area contributed by atoms with Crippen LogP contribution in [0.1, 0.15) is 47.2 Å². The summed E-state index contributed by atoms with van der Waals surface area (Å²) in [4.78, 5) is 11.8. The molecular formula is C24H23F3N4S. The molecule has 2 aliphatic rings. The van der Waals surface area contributed by atoms with Crippen molar-refractivity contribution in [1.29, 1.82) is 0 Å². The summed E-state index contributed by atoms with van der Waals surface area (Å²) < 4.78 is 43.0. The molecule has 1 fully saturated rings. The topological polar surface area (TPSA) is 33.4 Å². The van der Waals surface area contributed by atoms with E-state index in [0.717, 1.165) is 40.4 Å². The molecule has 5 rings (SSSR count). The van der Waals surface area contributed by atoms with Crippen LogP contribution in [-0.4, -0.2) is 31.4 Å². The molecule has 1 saturated heterocycles. The average Bonchev–Trinajstić information content (AvgIpc) is 3.37. The summed E-state index contributed by atoms with van der Waals surface area (Å²) in [6, 6.07) is 13.3. The van der Waals surface area contributed by atoms with Gasteiger partial charge in [0.05, 0.1) is 23.0 Å². The molecule has 2 aromatic heterocycles. The van der Waals surface area contributed by atoms with Crippen molar-refractivity contribution in [2.45, 2.75) is 44.3 Å². The van der Waals surface area contributed by atoms with Gasteiger partial charge in [0.25, 0.3) is 0 Å². The fraction of sp³-hybridized carbons (Fsp3) is 0.333. The summed E-state index contributed by atoms with van der Waals surface area (Å²) in [6.07, 6.45) is -2.67. The van der Waals surface area contributed by atoms with Crippen molar-refractivity contribution in [2.24, 2.45) is 4.99 Å². The lowest BCUT2D eigenvalue weighted by Gasteiger charge is -2.27. The maximum atomic E-state index is 13.8. The van der Waals surface area contributed by atoms with E-state index in [2.05, 4.69) is 16.8 Å². The number of hydrogen-bond acceptors (Lipinski definition) is 4. The Morgan fingerprint density at radius 3 is 2.53 bits per heavy atom. The molecule has 0 N–H and O–H groups in total. The van der Waals surface area contributed by atoms with E-state index in [1.54, 1.807) is 28.6 Å². The Morgan fingerprint density at radius 2 is 1.81 bits per heavy atom. The maximum absolute atomic E-state index is 13.8. The fourth-order valence-corrected chi connectivity index (χ4v) is 5.91. The van der Waals surface area contributed by atoms with Gasteiger partial charge in [-0.05, 0) is 49.7 Å². The molecule has 0 unspecified atom stereocenters. The number of thioether (sulfide) groups is 1. The van der Waals surface area contributed by atoms with Gasteiger partial charge in [-0.25, -0.2) is 0 Å². The summed E-state index contributed by atoms with van der Waals surface area (Å²) in [7, 11) is 0. The van der Waals surface area contributed by atoms with Crippen LogP contribution in [0.5, 0.6) is 0 Å².